The Labute approximate surface area is 97.1 Å². The van der Waals surface area contributed by atoms with Gasteiger partial charge in [-0.1, -0.05) is 6.42 Å². The molecule has 1 saturated carbocycles. The molecule has 1 aliphatic rings. The predicted molar refractivity (Wildman–Crippen MR) is 60.3 cm³/mol. The number of nitrogens with zero attached hydrogens (tertiary/aromatic N) is 2. The first-order valence-electron chi connectivity index (χ1n) is 5.11. The minimum absolute atomic E-state index is 0.0975. The number of aliphatic hydroxyl groups excluding tert-OH is 1. The molecule has 1 heterocycles. The second kappa shape index (κ2) is 4.55. The summed E-state index contributed by atoms with van der Waals surface area (Å²) in [6.07, 6.45) is 5.31. The molecule has 0 aromatic carbocycles. The van der Waals surface area contributed by atoms with Gasteiger partial charge in [0, 0.05) is 12.1 Å². The number of rotatable bonds is 3. The number of hydrogen-bond donors (Lipinski definition) is 2. The molecular formula is C10H14BrN3O. The van der Waals surface area contributed by atoms with Gasteiger partial charge in [0.25, 0.3) is 0 Å². The Bertz CT molecular complexity index is 355. The third-order valence-corrected chi connectivity index (χ3v) is 3.42. The van der Waals surface area contributed by atoms with Gasteiger partial charge in [0.1, 0.15) is 5.82 Å². The summed E-state index contributed by atoms with van der Waals surface area (Å²) in [6, 6.07) is -0.429. The summed E-state index contributed by atoms with van der Waals surface area (Å²) in [7, 11) is 0. The maximum atomic E-state index is 9.01. The topological polar surface area (TPSA) is 72.0 Å². The highest BCUT2D eigenvalue weighted by atomic mass is 79.9. The van der Waals surface area contributed by atoms with E-state index in [1.54, 1.807) is 6.20 Å². The zero-order valence-electron chi connectivity index (χ0n) is 8.36. The average molecular weight is 272 g/mol. The molecule has 82 valence electrons. The maximum Gasteiger partial charge on any atom is 0.131 e. The van der Waals surface area contributed by atoms with Crippen molar-refractivity contribution in [3.63, 3.8) is 0 Å². The van der Waals surface area contributed by atoms with Crippen molar-refractivity contribution >= 4 is 15.9 Å². The van der Waals surface area contributed by atoms with Gasteiger partial charge < -0.3 is 10.8 Å². The van der Waals surface area contributed by atoms with Crippen LogP contribution in [0.5, 0.6) is 0 Å². The van der Waals surface area contributed by atoms with E-state index in [4.69, 9.17) is 10.8 Å². The molecule has 4 nitrogen and oxygen atoms in total. The Morgan fingerprint density at radius 2 is 2.33 bits per heavy atom. The van der Waals surface area contributed by atoms with Gasteiger partial charge in [0.15, 0.2) is 0 Å². The number of nitrogens with two attached hydrogens (primary N) is 1. The van der Waals surface area contributed by atoms with Crippen molar-refractivity contribution in [3.8, 4) is 0 Å². The van der Waals surface area contributed by atoms with E-state index in [0.717, 1.165) is 23.1 Å². The Morgan fingerprint density at radius 1 is 1.60 bits per heavy atom. The molecule has 1 aromatic rings. The molecule has 0 bridgehead atoms. The van der Waals surface area contributed by atoms with E-state index < -0.39 is 6.04 Å². The van der Waals surface area contributed by atoms with Gasteiger partial charge in [-0.3, -0.25) is 0 Å². The normalized spacial score (nSPS) is 18.6. The molecule has 0 saturated heterocycles. The van der Waals surface area contributed by atoms with Gasteiger partial charge >= 0.3 is 0 Å². The Balaban J connectivity index is 2.27. The monoisotopic (exact) mass is 271 g/mol. The highest BCUT2D eigenvalue weighted by Gasteiger charge is 2.23. The van der Waals surface area contributed by atoms with Crippen LogP contribution in [-0.2, 0) is 0 Å². The van der Waals surface area contributed by atoms with E-state index in [1.807, 2.05) is 0 Å². The van der Waals surface area contributed by atoms with E-state index in [2.05, 4.69) is 25.9 Å². The fourth-order valence-electron chi connectivity index (χ4n) is 1.60. The van der Waals surface area contributed by atoms with Crippen LogP contribution >= 0.6 is 15.9 Å². The van der Waals surface area contributed by atoms with Crippen LogP contribution in [0.3, 0.4) is 0 Å². The van der Waals surface area contributed by atoms with Crippen molar-refractivity contribution in [2.24, 2.45) is 5.73 Å². The van der Waals surface area contributed by atoms with Crippen molar-refractivity contribution in [2.45, 2.75) is 31.2 Å². The molecule has 1 aromatic heterocycles. The van der Waals surface area contributed by atoms with Crippen LogP contribution in [0.4, 0.5) is 0 Å². The lowest BCUT2D eigenvalue weighted by atomic mass is 9.85. The molecule has 1 aliphatic carbocycles. The van der Waals surface area contributed by atoms with Crippen molar-refractivity contribution in [1.82, 2.24) is 9.97 Å². The van der Waals surface area contributed by atoms with E-state index in [1.165, 1.54) is 6.42 Å². The largest absolute Gasteiger partial charge is 0.394 e. The first-order chi connectivity index (χ1) is 7.22. The Morgan fingerprint density at radius 3 is 2.87 bits per heavy atom. The molecule has 0 spiro atoms. The third-order valence-electron chi connectivity index (χ3n) is 2.81. The molecule has 1 fully saturated rings. The van der Waals surface area contributed by atoms with Crippen LogP contribution in [-0.4, -0.2) is 21.7 Å². The number of aromatic nitrogens is 2. The summed E-state index contributed by atoms with van der Waals surface area (Å²) >= 11 is 3.34. The number of aliphatic hydroxyl groups is 1. The van der Waals surface area contributed by atoms with E-state index in [-0.39, 0.29) is 6.61 Å². The van der Waals surface area contributed by atoms with Crippen molar-refractivity contribution in [2.75, 3.05) is 6.61 Å². The molecule has 3 N–H and O–H groups in total. The van der Waals surface area contributed by atoms with Crippen LogP contribution < -0.4 is 5.73 Å². The van der Waals surface area contributed by atoms with Crippen LogP contribution in [0.2, 0.25) is 0 Å². The second-order valence-electron chi connectivity index (χ2n) is 3.88. The smallest absolute Gasteiger partial charge is 0.131 e. The van der Waals surface area contributed by atoms with Gasteiger partial charge in [0.2, 0.25) is 0 Å². The maximum absolute atomic E-state index is 9.01. The van der Waals surface area contributed by atoms with Gasteiger partial charge in [-0.2, -0.15) is 0 Å². The molecule has 2 rings (SSSR count). The van der Waals surface area contributed by atoms with Crippen LogP contribution in [0.1, 0.15) is 42.7 Å². The van der Waals surface area contributed by atoms with Crippen molar-refractivity contribution in [1.29, 1.82) is 0 Å². The van der Waals surface area contributed by atoms with Gasteiger partial charge in [-0.25, -0.2) is 9.97 Å². The predicted octanol–water partition coefficient (Wildman–Crippen LogP) is 1.50. The molecule has 0 radical (unpaired) electrons. The lowest BCUT2D eigenvalue weighted by molar-refractivity contribution is 0.264. The zero-order valence-corrected chi connectivity index (χ0v) is 9.94. The number of hydrogen-bond acceptors (Lipinski definition) is 4. The van der Waals surface area contributed by atoms with E-state index in [9.17, 15) is 0 Å². The lowest BCUT2D eigenvalue weighted by Gasteiger charge is -2.24. The van der Waals surface area contributed by atoms with Gasteiger partial charge in [-0.15, -0.1) is 0 Å². The fraction of sp³-hybridized carbons (Fsp3) is 0.600. The summed E-state index contributed by atoms with van der Waals surface area (Å²) in [5.41, 5.74) is 6.46. The van der Waals surface area contributed by atoms with E-state index >= 15 is 0 Å². The van der Waals surface area contributed by atoms with Crippen molar-refractivity contribution in [3.05, 3.63) is 22.2 Å². The summed E-state index contributed by atoms with van der Waals surface area (Å²) in [4.78, 5) is 8.70. The highest BCUT2D eigenvalue weighted by molar-refractivity contribution is 9.10. The fourth-order valence-corrected chi connectivity index (χ4v) is 2.09. The van der Waals surface area contributed by atoms with Gasteiger partial charge in [-0.05, 0) is 28.8 Å². The molecule has 5 heteroatoms. The number of halogens is 1. The molecular weight excluding hydrogens is 258 g/mol. The average Bonchev–Trinajstić information content (AvgIpc) is 2.17. The first kappa shape index (κ1) is 11.0. The SMILES string of the molecule is NC(CO)c1nc(C2CCC2)ncc1Br. The van der Waals surface area contributed by atoms with Crippen molar-refractivity contribution < 1.29 is 5.11 Å². The summed E-state index contributed by atoms with van der Waals surface area (Å²) in [6.45, 7) is -0.0975. The molecule has 1 unspecified atom stereocenters. The molecule has 15 heavy (non-hydrogen) atoms. The second-order valence-corrected chi connectivity index (χ2v) is 4.73. The summed E-state index contributed by atoms with van der Waals surface area (Å²) < 4.78 is 0.770. The summed E-state index contributed by atoms with van der Waals surface area (Å²) in [5, 5.41) is 9.01. The summed E-state index contributed by atoms with van der Waals surface area (Å²) in [5.74, 6) is 1.35. The zero-order chi connectivity index (χ0) is 10.8. The lowest BCUT2D eigenvalue weighted by Crippen LogP contribution is -2.20. The molecule has 0 aliphatic heterocycles. The van der Waals surface area contributed by atoms with Crippen LogP contribution in [0.15, 0.2) is 10.7 Å². The standard InChI is InChI=1S/C10H14BrN3O/c11-7-4-13-10(6-2-1-3-6)14-9(7)8(12)5-15/h4,6,8,15H,1-3,5,12H2. The molecule has 1 atom stereocenters. The van der Waals surface area contributed by atoms with Gasteiger partial charge in [0.05, 0.1) is 22.8 Å². The minimum atomic E-state index is -0.429. The third kappa shape index (κ3) is 2.19. The highest BCUT2D eigenvalue weighted by Crippen LogP contribution is 2.35. The van der Waals surface area contributed by atoms with Crippen LogP contribution in [0.25, 0.3) is 0 Å². The molecule has 0 amide bonds. The Kier molecular flexibility index (Phi) is 3.33. The Hall–Kier alpha value is -0.520. The quantitative estimate of drug-likeness (QED) is 0.874. The minimum Gasteiger partial charge on any atom is -0.394 e. The first-order valence-corrected chi connectivity index (χ1v) is 5.90. The van der Waals surface area contributed by atoms with Crippen LogP contribution in [0, 0.1) is 0 Å². The van der Waals surface area contributed by atoms with E-state index in [0.29, 0.717) is 11.6 Å².